The molecule has 0 bridgehead atoms. The number of thiophene rings is 2. The van der Waals surface area contributed by atoms with Crippen molar-refractivity contribution in [1.82, 2.24) is 0 Å². The Morgan fingerprint density at radius 2 is 1.13 bits per heavy atom. The fraction of sp³-hybridized carbons (Fsp3) is 0.0980. The Balaban J connectivity index is 1.15. The largest absolute Gasteiger partial charge is 0.136 e. The van der Waals surface area contributed by atoms with E-state index in [-0.39, 0.29) is 5.41 Å². The van der Waals surface area contributed by atoms with Gasteiger partial charge in [0.15, 0.2) is 0 Å². The second kappa shape index (κ2) is 11.2. The number of benzene rings is 8. The van der Waals surface area contributed by atoms with Crippen LogP contribution in [0.15, 0.2) is 140 Å². The molecular weight excluding hydrogens is 677 g/mol. The van der Waals surface area contributed by atoms with Gasteiger partial charge in [-0.25, -0.2) is 0 Å². The van der Waals surface area contributed by atoms with Crippen LogP contribution in [0.2, 0.25) is 0 Å². The van der Waals surface area contributed by atoms with Crippen molar-refractivity contribution in [3.8, 4) is 22.3 Å². The summed E-state index contributed by atoms with van der Waals surface area (Å²) in [6.45, 7) is 9.35. The lowest BCUT2D eigenvalue weighted by molar-refractivity contribution is 0.661. The van der Waals surface area contributed by atoms with E-state index in [0.29, 0.717) is 0 Å². The van der Waals surface area contributed by atoms with E-state index in [1.54, 1.807) is 0 Å². The maximum Gasteiger partial charge on any atom is 0.0361 e. The number of fused-ring (bicyclic) bond motifs is 11. The summed E-state index contributed by atoms with van der Waals surface area (Å²) >= 11 is 3.79. The zero-order chi connectivity index (χ0) is 35.6. The number of allylic oxidation sites excluding steroid dienone is 1. The molecule has 0 atom stereocenters. The highest BCUT2D eigenvalue weighted by Crippen LogP contribution is 2.53. The van der Waals surface area contributed by atoms with Crippen molar-refractivity contribution in [1.29, 1.82) is 0 Å². The van der Waals surface area contributed by atoms with Crippen molar-refractivity contribution >= 4 is 96.9 Å². The van der Waals surface area contributed by atoms with Crippen LogP contribution < -0.4 is 0 Å². The number of hydrogen-bond donors (Lipinski definition) is 0. The summed E-state index contributed by atoms with van der Waals surface area (Å²) in [7, 11) is 0. The first-order valence-electron chi connectivity index (χ1n) is 18.5. The Bertz CT molecular complexity index is 3160. The number of aryl methyl sites for hydroxylation is 1. The maximum atomic E-state index is 2.51. The van der Waals surface area contributed by atoms with E-state index in [1.807, 2.05) is 22.7 Å². The normalized spacial score (nSPS) is 13.9. The van der Waals surface area contributed by atoms with E-state index in [2.05, 4.69) is 173 Å². The lowest BCUT2D eigenvalue weighted by Gasteiger charge is -2.22. The minimum atomic E-state index is -0.0936. The highest BCUT2D eigenvalue weighted by molar-refractivity contribution is 7.26. The molecule has 0 spiro atoms. The molecule has 10 aromatic rings. The number of rotatable bonds is 3. The van der Waals surface area contributed by atoms with Gasteiger partial charge in [-0.1, -0.05) is 117 Å². The van der Waals surface area contributed by atoms with E-state index in [9.17, 15) is 0 Å². The van der Waals surface area contributed by atoms with Crippen molar-refractivity contribution in [3.05, 3.63) is 167 Å². The van der Waals surface area contributed by atoms with Gasteiger partial charge < -0.3 is 0 Å². The molecule has 252 valence electrons. The van der Waals surface area contributed by atoms with Gasteiger partial charge >= 0.3 is 0 Å². The summed E-state index contributed by atoms with van der Waals surface area (Å²) < 4.78 is 4.05. The lowest BCUT2D eigenvalue weighted by Crippen LogP contribution is -2.14. The van der Waals surface area contributed by atoms with E-state index in [1.165, 1.54) is 118 Å². The lowest BCUT2D eigenvalue weighted by atomic mass is 9.81. The smallest absolute Gasteiger partial charge is 0.0361 e. The third kappa shape index (κ3) is 4.40. The summed E-state index contributed by atoms with van der Waals surface area (Å²) in [5.41, 5.74) is 12.0. The summed E-state index contributed by atoms with van der Waals surface area (Å²) in [5, 5.41) is 12.0. The van der Waals surface area contributed by atoms with E-state index < -0.39 is 0 Å². The van der Waals surface area contributed by atoms with Crippen LogP contribution in [-0.2, 0) is 5.41 Å². The molecule has 0 radical (unpaired) electrons. The molecule has 0 aliphatic heterocycles. The van der Waals surface area contributed by atoms with Gasteiger partial charge in [0.2, 0.25) is 0 Å². The van der Waals surface area contributed by atoms with Crippen LogP contribution in [0.5, 0.6) is 0 Å². The van der Waals surface area contributed by atoms with Crippen LogP contribution in [0.1, 0.15) is 47.9 Å². The molecule has 0 amide bonds. The van der Waals surface area contributed by atoms with Crippen molar-refractivity contribution in [2.75, 3.05) is 0 Å². The minimum Gasteiger partial charge on any atom is -0.136 e. The molecule has 0 nitrogen and oxygen atoms in total. The van der Waals surface area contributed by atoms with E-state index in [4.69, 9.17) is 0 Å². The van der Waals surface area contributed by atoms with Crippen molar-refractivity contribution < 1.29 is 0 Å². The van der Waals surface area contributed by atoms with Gasteiger partial charge in [0.25, 0.3) is 0 Å². The summed E-state index contributed by atoms with van der Waals surface area (Å²) in [4.78, 5) is 1.33. The van der Waals surface area contributed by atoms with Gasteiger partial charge in [0, 0.05) is 35.2 Å². The van der Waals surface area contributed by atoms with Crippen molar-refractivity contribution in [3.63, 3.8) is 0 Å². The topological polar surface area (TPSA) is 0 Å². The molecule has 8 aromatic carbocycles. The zero-order valence-electron chi connectivity index (χ0n) is 30.2. The Kier molecular flexibility index (Phi) is 6.58. The molecule has 11 rings (SSSR count). The van der Waals surface area contributed by atoms with Crippen LogP contribution in [0.3, 0.4) is 0 Å². The molecule has 1 aliphatic carbocycles. The summed E-state index contributed by atoms with van der Waals surface area (Å²) in [5.74, 6) is 0. The predicted octanol–water partition coefficient (Wildman–Crippen LogP) is 15.6. The molecule has 0 fully saturated rings. The molecule has 2 heterocycles. The SMILES string of the molecule is C/C(=C\c1sc2ccccc2c1C)c1c2ccccc2c(-c2ccc3c(c2)-c2cc4c(ccc5sc6ccccc6c54)cc2C3(C)C)c2ccccc12. The molecule has 1 aliphatic rings. The third-order valence-electron chi connectivity index (χ3n) is 12.0. The first kappa shape index (κ1) is 31.0. The minimum absolute atomic E-state index is 0.0936. The summed E-state index contributed by atoms with van der Waals surface area (Å²) in [6.07, 6.45) is 2.42. The van der Waals surface area contributed by atoms with Gasteiger partial charge in [-0.05, 0) is 144 Å². The molecule has 0 saturated heterocycles. The molecule has 2 heteroatoms. The first-order chi connectivity index (χ1) is 25.9. The molecule has 0 saturated carbocycles. The van der Waals surface area contributed by atoms with Gasteiger partial charge in [0.05, 0.1) is 0 Å². The van der Waals surface area contributed by atoms with Gasteiger partial charge in [-0.3, -0.25) is 0 Å². The highest BCUT2D eigenvalue weighted by atomic mass is 32.1. The van der Waals surface area contributed by atoms with Crippen LogP contribution in [0, 0.1) is 6.92 Å². The standard InChI is InChI=1S/C51H36S2/c1-29(25-47-30(2)33-13-9-11-19-44(33)53-47)48-34-14-5-7-16-36(34)49(37-17-8-6-15-35(37)48)32-21-23-42-40(26-32)41-28-39-31(27-43(41)51(42,3)4)22-24-46-50(39)38-18-10-12-20-45(38)52-46/h5-28H,1-4H3/b29-25+. The average molecular weight is 713 g/mol. The molecule has 0 N–H and O–H groups in total. The predicted molar refractivity (Wildman–Crippen MR) is 235 cm³/mol. The maximum absolute atomic E-state index is 2.51. The highest BCUT2D eigenvalue weighted by Gasteiger charge is 2.36. The fourth-order valence-corrected chi connectivity index (χ4v) is 11.7. The molecular formula is C51H36S2. The Labute approximate surface area is 317 Å². The van der Waals surface area contributed by atoms with Crippen molar-refractivity contribution in [2.24, 2.45) is 0 Å². The van der Waals surface area contributed by atoms with Crippen LogP contribution in [0.25, 0.3) is 96.5 Å². The molecule has 53 heavy (non-hydrogen) atoms. The zero-order valence-corrected chi connectivity index (χ0v) is 31.8. The quantitative estimate of drug-likeness (QED) is 0.160. The fourth-order valence-electron chi connectivity index (χ4n) is 9.41. The van der Waals surface area contributed by atoms with Crippen LogP contribution in [0.4, 0.5) is 0 Å². The second-order valence-corrected chi connectivity index (χ2v) is 17.5. The van der Waals surface area contributed by atoms with Gasteiger partial charge in [0.1, 0.15) is 0 Å². The second-order valence-electron chi connectivity index (χ2n) is 15.3. The molecule has 2 aromatic heterocycles. The van der Waals surface area contributed by atoms with Gasteiger partial charge in [-0.15, -0.1) is 22.7 Å². The summed E-state index contributed by atoms with van der Waals surface area (Å²) in [6, 6.07) is 52.7. The van der Waals surface area contributed by atoms with Crippen LogP contribution >= 0.6 is 22.7 Å². The van der Waals surface area contributed by atoms with Gasteiger partial charge in [-0.2, -0.15) is 0 Å². The number of hydrogen-bond acceptors (Lipinski definition) is 2. The van der Waals surface area contributed by atoms with E-state index >= 15 is 0 Å². The average Bonchev–Trinajstić information content (AvgIpc) is 3.79. The molecule has 0 unspecified atom stereocenters. The first-order valence-corrected chi connectivity index (χ1v) is 20.1. The Morgan fingerprint density at radius 1 is 0.528 bits per heavy atom. The monoisotopic (exact) mass is 712 g/mol. The van der Waals surface area contributed by atoms with E-state index in [0.717, 1.165) is 0 Å². The Hall–Kier alpha value is -5.54. The Morgan fingerprint density at radius 3 is 1.83 bits per heavy atom. The van der Waals surface area contributed by atoms with Crippen LogP contribution in [-0.4, -0.2) is 0 Å². The van der Waals surface area contributed by atoms with Crippen molar-refractivity contribution in [2.45, 2.75) is 33.1 Å². The third-order valence-corrected chi connectivity index (χ3v) is 14.4.